The van der Waals surface area contributed by atoms with Crippen LogP contribution in [-0.2, 0) is 5.88 Å². The van der Waals surface area contributed by atoms with Gasteiger partial charge in [0.25, 0.3) is 0 Å². The lowest BCUT2D eigenvalue weighted by Gasteiger charge is -2.10. The predicted octanol–water partition coefficient (Wildman–Crippen LogP) is 5.43. The van der Waals surface area contributed by atoms with E-state index >= 15 is 0 Å². The van der Waals surface area contributed by atoms with Crippen molar-refractivity contribution in [3.05, 3.63) is 65.1 Å². The summed E-state index contributed by atoms with van der Waals surface area (Å²) in [6.45, 7) is 0. The Morgan fingerprint density at radius 3 is 2.60 bits per heavy atom. The minimum absolute atomic E-state index is 0.258. The van der Waals surface area contributed by atoms with Crippen molar-refractivity contribution in [3.63, 3.8) is 0 Å². The molecule has 20 heavy (non-hydrogen) atoms. The Bertz CT molecular complexity index is 787. The molecule has 0 spiro atoms. The molecule has 0 saturated carbocycles. The molecule has 0 bridgehead atoms. The van der Waals surface area contributed by atoms with Crippen LogP contribution in [0.3, 0.4) is 0 Å². The Labute approximate surface area is 126 Å². The molecule has 1 nitrogen and oxygen atoms in total. The Morgan fingerprint density at radius 2 is 1.85 bits per heavy atom. The van der Waals surface area contributed by atoms with Gasteiger partial charge in [0.05, 0.1) is 17.1 Å². The largest absolute Gasteiger partial charge is 0.251 e. The number of pyridine rings is 1. The summed E-state index contributed by atoms with van der Waals surface area (Å²) in [7, 11) is 0. The topological polar surface area (TPSA) is 12.9 Å². The zero-order chi connectivity index (χ0) is 14.1. The van der Waals surface area contributed by atoms with E-state index in [0.717, 1.165) is 22.0 Å². The zero-order valence-corrected chi connectivity index (χ0v) is 11.9. The molecule has 0 amide bonds. The van der Waals surface area contributed by atoms with E-state index in [1.807, 2.05) is 24.3 Å². The first-order valence-electron chi connectivity index (χ1n) is 6.09. The van der Waals surface area contributed by atoms with Gasteiger partial charge in [-0.15, -0.1) is 11.6 Å². The van der Waals surface area contributed by atoms with Crippen LogP contribution in [0, 0.1) is 5.82 Å². The lowest BCUT2D eigenvalue weighted by atomic mass is 10.0. The molecule has 4 heteroatoms. The highest BCUT2D eigenvalue weighted by molar-refractivity contribution is 6.35. The molecule has 3 aromatic rings. The molecule has 0 aliphatic heterocycles. The molecule has 0 unspecified atom stereocenters. The summed E-state index contributed by atoms with van der Waals surface area (Å²) in [6, 6.07) is 13.8. The number of halogens is 3. The number of hydrogen-bond acceptors (Lipinski definition) is 1. The van der Waals surface area contributed by atoms with Crippen molar-refractivity contribution in [2.45, 2.75) is 5.88 Å². The van der Waals surface area contributed by atoms with Gasteiger partial charge in [-0.05, 0) is 35.9 Å². The summed E-state index contributed by atoms with van der Waals surface area (Å²) in [4.78, 5) is 4.52. The van der Waals surface area contributed by atoms with E-state index in [1.165, 1.54) is 12.1 Å². The maximum Gasteiger partial charge on any atom is 0.123 e. The molecule has 100 valence electrons. The minimum Gasteiger partial charge on any atom is -0.251 e. The van der Waals surface area contributed by atoms with Gasteiger partial charge in [-0.2, -0.15) is 0 Å². The standard InChI is InChI=1S/C16H10Cl2FN/c17-9-16-12(10-3-1-4-11(19)7-10)8-13-14(18)5-2-6-15(13)20-16/h1-8H,9H2. The normalized spacial score (nSPS) is 10.9. The van der Waals surface area contributed by atoms with Gasteiger partial charge in [-0.1, -0.05) is 29.8 Å². The Morgan fingerprint density at radius 1 is 1.05 bits per heavy atom. The highest BCUT2D eigenvalue weighted by Gasteiger charge is 2.10. The molecule has 0 radical (unpaired) electrons. The fourth-order valence-electron chi connectivity index (χ4n) is 2.21. The maximum absolute atomic E-state index is 13.4. The first-order valence-corrected chi connectivity index (χ1v) is 7.00. The van der Waals surface area contributed by atoms with Crippen LogP contribution >= 0.6 is 23.2 Å². The quantitative estimate of drug-likeness (QED) is 0.575. The van der Waals surface area contributed by atoms with E-state index in [4.69, 9.17) is 23.2 Å². The third-order valence-corrected chi connectivity index (χ3v) is 3.73. The van der Waals surface area contributed by atoms with Crippen LogP contribution in [0.1, 0.15) is 5.69 Å². The van der Waals surface area contributed by atoms with Crippen LogP contribution < -0.4 is 0 Å². The summed E-state index contributed by atoms with van der Waals surface area (Å²) < 4.78 is 13.4. The third kappa shape index (κ3) is 2.37. The van der Waals surface area contributed by atoms with Gasteiger partial charge in [0, 0.05) is 16.0 Å². The summed E-state index contributed by atoms with van der Waals surface area (Å²) in [5.74, 6) is -0.0313. The van der Waals surface area contributed by atoms with Crippen LogP contribution in [0.2, 0.25) is 5.02 Å². The van der Waals surface area contributed by atoms with Crippen LogP contribution in [0.25, 0.3) is 22.0 Å². The maximum atomic E-state index is 13.4. The SMILES string of the molecule is Fc1cccc(-c2cc3c(Cl)cccc3nc2CCl)c1. The monoisotopic (exact) mass is 305 g/mol. The van der Waals surface area contributed by atoms with Crippen molar-refractivity contribution < 1.29 is 4.39 Å². The molecule has 3 rings (SSSR count). The van der Waals surface area contributed by atoms with Gasteiger partial charge >= 0.3 is 0 Å². The Kier molecular flexibility index (Phi) is 3.60. The molecule has 0 saturated heterocycles. The molecule has 1 heterocycles. The molecule has 0 aliphatic rings. The molecular weight excluding hydrogens is 296 g/mol. The first-order chi connectivity index (χ1) is 9.69. The molecular formula is C16H10Cl2FN. The highest BCUT2D eigenvalue weighted by atomic mass is 35.5. The van der Waals surface area contributed by atoms with Gasteiger partial charge in [0.15, 0.2) is 0 Å². The second-order valence-corrected chi connectivity index (χ2v) is 5.11. The number of rotatable bonds is 2. The van der Waals surface area contributed by atoms with Gasteiger partial charge in [0.1, 0.15) is 5.82 Å². The number of alkyl halides is 1. The van der Waals surface area contributed by atoms with Crippen LogP contribution in [0.15, 0.2) is 48.5 Å². The number of hydrogen-bond donors (Lipinski definition) is 0. The van der Waals surface area contributed by atoms with Gasteiger partial charge < -0.3 is 0 Å². The fraction of sp³-hybridized carbons (Fsp3) is 0.0625. The Balaban J connectivity index is 2.31. The molecule has 0 fully saturated rings. The summed E-state index contributed by atoms with van der Waals surface area (Å²) in [5.41, 5.74) is 3.05. The molecule has 0 atom stereocenters. The van der Waals surface area contributed by atoms with Crippen LogP contribution in [0.4, 0.5) is 4.39 Å². The predicted molar refractivity (Wildman–Crippen MR) is 81.7 cm³/mol. The lowest BCUT2D eigenvalue weighted by molar-refractivity contribution is 0.628. The number of aromatic nitrogens is 1. The third-order valence-electron chi connectivity index (χ3n) is 3.15. The van der Waals surface area contributed by atoms with Crippen LogP contribution in [-0.4, -0.2) is 4.98 Å². The summed E-state index contributed by atoms with van der Waals surface area (Å²) >= 11 is 12.2. The Hall–Kier alpha value is -1.64. The van der Waals surface area contributed by atoms with E-state index < -0.39 is 0 Å². The molecule has 1 aromatic heterocycles. The van der Waals surface area contributed by atoms with E-state index in [0.29, 0.717) is 10.7 Å². The number of benzene rings is 2. The lowest BCUT2D eigenvalue weighted by Crippen LogP contribution is -1.93. The second kappa shape index (κ2) is 5.39. The van der Waals surface area contributed by atoms with Gasteiger partial charge in [-0.3, -0.25) is 4.98 Å². The number of nitrogens with zero attached hydrogens (tertiary/aromatic N) is 1. The highest BCUT2D eigenvalue weighted by Crippen LogP contribution is 2.31. The average Bonchev–Trinajstić information content (AvgIpc) is 2.46. The second-order valence-electron chi connectivity index (χ2n) is 4.43. The number of fused-ring (bicyclic) bond motifs is 1. The van der Waals surface area contributed by atoms with E-state index in [1.54, 1.807) is 12.1 Å². The van der Waals surface area contributed by atoms with Crippen LogP contribution in [0.5, 0.6) is 0 Å². The first kappa shape index (κ1) is 13.3. The minimum atomic E-state index is -0.290. The van der Waals surface area contributed by atoms with Crippen molar-refractivity contribution in [3.8, 4) is 11.1 Å². The van der Waals surface area contributed by atoms with E-state index in [9.17, 15) is 4.39 Å². The van der Waals surface area contributed by atoms with Crippen molar-refractivity contribution in [2.24, 2.45) is 0 Å². The average molecular weight is 306 g/mol. The summed E-state index contributed by atoms with van der Waals surface area (Å²) in [5, 5.41) is 1.45. The van der Waals surface area contributed by atoms with Crippen molar-refractivity contribution >= 4 is 34.1 Å². The van der Waals surface area contributed by atoms with E-state index in [-0.39, 0.29) is 11.7 Å². The smallest absolute Gasteiger partial charge is 0.123 e. The zero-order valence-electron chi connectivity index (χ0n) is 10.4. The molecule has 0 N–H and O–H groups in total. The summed E-state index contributed by atoms with van der Waals surface area (Å²) in [6.07, 6.45) is 0. The van der Waals surface area contributed by atoms with Gasteiger partial charge in [0.2, 0.25) is 0 Å². The van der Waals surface area contributed by atoms with E-state index in [2.05, 4.69) is 4.98 Å². The van der Waals surface area contributed by atoms with Crippen molar-refractivity contribution in [1.82, 2.24) is 4.98 Å². The van der Waals surface area contributed by atoms with Gasteiger partial charge in [-0.25, -0.2) is 4.39 Å². The van der Waals surface area contributed by atoms with Crippen molar-refractivity contribution in [2.75, 3.05) is 0 Å². The fourth-order valence-corrected chi connectivity index (χ4v) is 2.63. The molecule has 0 aliphatic carbocycles. The van der Waals surface area contributed by atoms with Crippen molar-refractivity contribution in [1.29, 1.82) is 0 Å². The molecule has 2 aromatic carbocycles.